The third kappa shape index (κ3) is 6.30. The van der Waals surface area contributed by atoms with Crippen molar-refractivity contribution in [3.63, 3.8) is 0 Å². The fourth-order valence-corrected chi connectivity index (χ4v) is 3.63. The first-order valence-electron chi connectivity index (χ1n) is 10.1. The third-order valence-electron chi connectivity index (χ3n) is 5.05. The normalized spacial score (nSPS) is 16.5. The van der Waals surface area contributed by atoms with Crippen LogP contribution < -0.4 is 9.64 Å². The fourth-order valence-electron chi connectivity index (χ4n) is 3.34. The summed E-state index contributed by atoms with van der Waals surface area (Å²) in [5.74, 6) is 0.633. The van der Waals surface area contributed by atoms with Crippen molar-refractivity contribution in [3.05, 3.63) is 52.8 Å². The first kappa shape index (κ1) is 22.8. The van der Waals surface area contributed by atoms with Gasteiger partial charge in [-0.15, -0.1) is 0 Å². The number of ether oxygens (including phenoxy) is 1. The van der Waals surface area contributed by atoms with Crippen molar-refractivity contribution in [2.45, 2.75) is 32.2 Å². The van der Waals surface area contributed by atoms with E-state index in [1.54, 1.807) is 38.2 Å². The van der Waals surface area contributed by atoms with Crippen LogP contribution in [0.1, 0.15) is 31.2 Å². The zero-order valence-electron chi connectivity index (χ0n) is 17.5. The smallest absolute Gasteiger partial charge is 0.121 e. The maximum absolute atomic E-state index is 10.5. The van der Waals surface area contributed by atoms with E-state index >= 15 is 0 Å². The van der Waals surface area contributed by atoms with Gasteiger partial charge in [0.2, 0.25) is 0 Å². The quantitative estimate of drug-likeness (QED) is 0.585. The van der Waals surface area contributed by atoms with Crippen molar-refractivity contribution >= 4 is 17.3 Å². The Labute approximate surface area is 182 Å². The first-order chi connectivity index (χ1) is 14.2. The van der Waals surface area contributed by atoms with E-state index in [4.69, 9.17) is 21.4 Å². The lowest BCUT2D eigenvalue weighted by atomic mass is 10.1. The molecule has 1 aromatic carbocycles. The van der Waals surface area contributed by atoms with Gasteiger partial charge in [0.15, 0.2) is 0 Å². The molecular weight excluding hydrogens is 406 g/mol. The minimum absolute atomic E-state index is 0.104. The first-order valence-corrected chi connectivity index (χ1v) is 10.5. The van der Waals surface area contributed by atoms with Crippen LogP contribution in [0.25, 0.3) is 0 Å². The summed E-state index contributed by atoms with van der Waals surface area (Å²) in [6.07, 6.45) is 1.00. The second kappa shape index (κ2) is 9.94. The largest absolute Gasteiger partial charge is 0.491 e. The molecule has 0 bridgehead atoms. The van der Waals surface area contributed by atoms with Crippen LogP contribution in [0.2, 0.25) is 5.02 Å². The van der Waals surface area contributed by atoms with Crippen LogP contribution >= 0.6 is 11.6 Å². The predicted octanol–water partition coefficient (Wildman–Crippen LogP) is 2.23. The topological polar surface area (TPSA) is 89.3 Å². The predicted molar refractivity (Wildman–Crippen MR) is 117 cm³/mol. The molecule has 1 atom stereocenters. The van der Waals surface area contributed by atoms with E-state index in [1.807, 2.05) is 12.1 Å². The van der Waals surface area contributed by atoms with Gasteiger partial charge in [-0.05, 0) is 32.0 Å². The molecule has 1 aromatic heterocycles. The van der Waals surface area contributed by atoms with E-state index in [0.717, 1.165) is 37.4 Å². The number of rotatable bonds is 8. The lowest BCUT2D eigenvalue weighted by Gasteiger charge is -2.37. The van der Waals surface area contributed by atoms with Gasteiger partial charge >= 0.3 is 0 Å². The zero-order valence-corrected chi connectivity index (χ0v) is 18.2. The zero-order chi connectivity index (χ0) is 21.7. The molecule has 7 nitrogen and oxygen atoms in total. The highest BCUT2D eigenvalue weighted by molar-refractivity contribution is 6.33. The Morgan fingerprint density at radius 2 is 1.90 bits per heavy atom. The van der Waals surface area contributed by atoms with Gasteiger partial charge in [-0.2, -0.15) is 0 Å². The number of nitrogens with zero attached hydrogens (tertiary/aromatic N) is 3. The van der Waals surface area contributed by atoms with Crippen molar-refractivity contribution in [1.82, 2.24) is 9.88 Å². The van der Waals surface area contributed by atoms with E-state index in [1.165, 1.54) is 0 Å². The average molecular weight is 436 g/mol. The Bertz CT molecular complexity index is 818. The van der Waals surface area contributed by atoms with Gasteiger partial charge in [0.1, 0.15) is 12.4 Å². The highest BCUT2D eigenvalue weighted by atomic mass is 35.5. The SMILES string of the molecule is CC(C)(O)COc1ccc(N2CCN(CC(O)c3ccc(CO)nc3)CC2)c(Cl)c1. The van der Waals surface area contributed by atoms with Gasteiger partial charge in [-0.3, -0.25) is 9.88 Å². The standard InChI is InChI=1S/C22H30ClN3O4/c1-22(2,29)15-30-18-5-6-20(19(23)11-18)26-9-7-25(8-10-26)13-21(28)16-3-4-17(14-27)24-12-16/h3-6,11-12,21,27-29H,7-10,13-15H2,1-2H3. The van der Waals surface area contributed by atoms with Gasteiger partial charge < -0.3 is 25.0 Å². The van der Waals surface area contributed by atoms with E-state index in [9.17, 15) is 10.2 Å². The number of aliphatic hydroxyl groups is 3. The van der Waals surface area contributed by atoms with Crippen LogP contribution in [0.5, 0.6) is 5.75 Å². The van der Waals surface area contributed by atoms with Gasteiger partial charge in [0.05, 0.1) is 34.7 Å². The summed E-state index contributed by atoms with van der Waals surface area (Å²) in [6.45, 7) is 7.25. The number of hydrogen-bond acceptors (Lipinski definition) is 7. The van der Waals surface area contributed by atoms with Crippen LogP contribution in [-0.2, 0) is 6.61 Å². The Hall–Kier alpha value is -1.90. The van der Waals surface area contributed by atoms with Gasteiger partial charge in [-0.25, -0.2) is 0 Å². The number of aromatic nitrogens is 1. The molecule has 3 N–H and O–H groups in total. The Morgan fingerprint density at radius 1 is 1.17 bits per heavy atom. The van der Waals surface area contributed by atoms with E-state index < -0.39 is 11.7 Å². The lowest BCUT2D eigenvalue weighted by molar-refractivity contribution is 0.0285. The number of β-amino-alcohol motifs (C(OH)–C–C–N with tert-alkyl or cyclic N) is 1. The molecule has 164 valence electrons. The van der Waals surface area contributed by atoms with Crippen molar-refractivity contribution in [2.24, 2.45) is 0 Å². The molecule has 1 aliphatic heterocycles. The average Bonchev–Trinajstić information content (AvgIpc) is 2.72. The van der Waals surface area contributed by atoms with Crippen molar-refractivity contribution in [2.75, 3.05) is 44.2 Å². The van der Waals surface area contributed by atoms with Crippen LogP contribution in [0.4, 0.5) is 5.69 Å². The lowest BCUT2D eigenvalue weighted by Crippen LogP contribution is -2.47. The molecule has 1 unspecified atom stereocenters. The van der Waals surface area contributed by atoms with Crippen LogP contribution in [0, 0.1) is 0 Å². The summed E-state index contributed by atoms with van der Waals surface area (Å²) < 4.78 is 5.60. The molecule has 1 fully saturated rings. The second-order valence-corrected chi connectivity index (χ2v) is 8.67. The molecule has 30 heavy (non-hydrogen) atoms. The molecular formula is C22H30ClN3O4. The molecule has 2 heterocycles. The number of aliphatic hydroxyl groups excluding tert-OH is 2. The number of pyridine rings is 1. The number of benzene rings is 1. The highest BCUT2D eigenvalue weighted by Gasteiger charge is 2.22. The molecule has 0 saturated carbocycles. The maximum Gasteiger partial charge on any atom is 0.121 e. The Morgan fingerprint density at radius 3 is 2.47 bits per heavy atom. The number of anilines is 1. The molecule has 2 aromatic rings. The van der Waals surface area contributed by atoms with Crippen LogP contribution in [0.3, 0.4) is 0 Å². The summed E-state index contributed by atoms with van der Waals surface area (Å²) >= 11 is 6.48. The molecule has 0 spiro atoms. The number of piperazine rings is 1. The highest BCUT2D eigenvalue weighted by Crippen LogP contribution is 2.31. The summed E-state index contributed by atoms with van der Waals surface area (Å²) in [4.78, 5) is 8.57. The van der Waals surface area contributed by atoms with Crippen molar-refractivity contribution in [1.29, 1.82) is 0 Å². The fraction of sp³-hybridized carbons (Fsp3) is 0.500. The number of halogens is 1. The monoisotopic (exact) mass is 435 g/mol. The summed E-state index contributed by atoms with van der Waals surface area (Å²) in [6, 6.07) is 9.13. The molecule has 0 aliphatic carbocycles. The van der Waals surface area contributed by atoms with Gasteiger partial charge in [-0.1, -0.05) is 17.7 Å². The third-order valence-corrected chi connectivity index (χ3v) is 5.35. The number of hydrogen-bond donors (Lipinski definition) is 3. The molecule has 1 aliphatic rings. The van der Waals surface area contributed by atoms with Gasteiger partial charge in [0, 0.05) is 50.6 Å². The molecule has 0 radical (unpaired) electrons. The maximum atomic E-state index is 10.5. The van der Waals surface area contributed by atoms with Crippen molar-refractivity contribution in [3.8, 4) is 5.75 Å². The molecule has 3 rings (SSSR count). The summed E-state index contributed by atoms with van der Waals surface area (Å²) in [5.41, 5.74) is 1.40. The summed E-state index contributed by atoms with van der Waals surface area (Å²) in [5, 5.41) is 30.0. The molecule has 0 amide bonds. The van der Waals surface area contributed by atoms with Crippen molar-refractivity contribution < 1.29 is 20.1 Å². The van der Waals surface area contributed by atoms with E-state index in [-0.39, 0.29) is 13.2 Å². The van der Waals surface area contributed by atoms with Crippen LogP contribution in [-0.4, -0.2) is 70.1 Å². The van der Waals surface area contributed by atoms with E-state index in [2.05, 4.69) is 14.8 Å². The summed E-state index contributed by atoms with van der Waals surface area (Å²) in [7, 11) is 0. The minimum atomic E-state index is -0.900. The van der Waals surface area contributed by atoms with Crippen LogP contribution in [0.15, 0.2) is 36.5 Å². The minimum Gasteiger partial charge on any atom is -0.491 e. The molecule has 8 heteroatoms. The molecule has 1 saturated heterocycles. The van der Waals surface area contributed by atoms with E-state index in [0.29, 0.717) is 23.0 Å². The Kier molecular flexibility index (Phi) is 7.55. The van der Waals surface area contributed by atoms with Gasteiger partial charge in [0.25, 0.3) is 0 Å². The second-order valence-electron chi connectivity index (χ2n) is 8.26. The Balaban J connectivity index is 1.52.